The van der Waals surface area contributed by atoms with Crippen molar-refractivity contribution in [3.05, 3.63) is 102 Å². The van der Waals surface area contributed by atoms with E-state index in [-0.39, 0.29) is 36.6 Å². The molecule has 1 saturated carbocycles. The highest BCUT2D eigenvalue weighted by molar-refractivity contribution is 5.97. The van der Waals surface area contributed by atoms with Crippen molar-refractivity contribution in [2.45, 2.75) is 110 Å². The molecule has 9 nitrogen and oxygen atoms in total. The molecular weight excluding hydrogens is 677 g/mol. The number of nitrogens with one attached hydrogen (secondary N) is 2. The molecule has 1 aromatic heterocycles. The van der Waals surface area contributed by atoms with Crippen LogP contribution in [-0.2, 0) is 26.2 Å². The van der Waals surface area contributed by atoms with Crippen LogP contribution in [0.15, 0.2) is 85.2 Å². The predicted octanol–water partition coefficient (Wildman–Crippen LogP) is 8.65. The van der Waals surface area contributed by atoms with Crippen LogP contribution in [0.25, 0.3) is 22.5 Å². The van der Waals surface area contributed by atoms with E-state index in [2.05, 4.69) is 41.4 Å². The van der Waals surface area contributed by atoms with E-state index in [0.717, 1.165) is 52.5 Å². The topological polar surface area (TPSA) is 120 Å². The standard InChI is InChI=1S/C45H56N4O5/c1-44(2,3)37-20-16-35(17-21-37)42(51)49-39(43(52)46-26-24-40(50)54-45(4,5)6)28-32-12-14-34(15-13-32)41-47-29-36(30-48-41)33-18-22-38(23-19-33)53-27-25-31-10-8-7-9-11-31/h12-23,29-31,39H,7-11,24-28H2,1-6H3,(H,46,52)(H,49,51). The van der Waals surface area contributed by atoms with E-state index in [1.807, 2.05) is 73.1 Å². The van der Waals surface area contributed by atoms with Gasteiger partial charge in [-0.3, -0.25) is 14.4 Å². The van der Waals surface area contributed by atoms with Crippen molar-refractivity contribution < 1.29 is 23.9 Å². The van der Waals surface area contributed by atoms with Gasteiger partial charge in [0.15, 0.2) is 5.82 Å². The summed E-state index contributed by atoms with van der Waals surface area (Å²) in [5.41, 5.74) is 4.48. The van der Waals surface area contributed by atoms with Crippen molar-refractivity contribution in [3.8, 4) is 28.3 Å². The molecule has 3 aromatic carbocycles. The van der Waals surface area contributed by atoms with Gasteiger partial charge in [0.1, 0.15) is 17.4 Å². The van der Waals surface area contributed by atoms with E-state index in [1.165, 1.54) is 32.1 Å². The molecular formula is C45H56N4O5. The molecule has 0 saturated heterocycles. The van der Waals surface area contributed by atoms with Crippen LogP contribution in [0.4, 0.5) is 0 Å². The molecule has 9 heteroatoms. The molecule has 2 N–H and O–H groups in total. The van der Waals surface area contributed by atoms with Crippen LogP contribution in [0.3, 0.4) is 0 Å². The number of ether oxygens (including phenoxy) is 2. The van der Waals surface area contributed by atoms with Crippen molar-refractivity contribution in [1.29, 1.82) is 0 Å². The Hall–Kier alpha value is -5.05. The summed E-state index contributed by atoms with van der Waals surface area (Å²) < 4.78 is 11.4. The first-order valence-corrected chi connectivity index (χ1v) is 19.3. The lowest BCUT2D eigenvalue weighted by atomic mass is 9.86. The molecule has 5 rings (SSSR count). The highest BCUT2D eigenvalue weighted by Gasteiger charge is 2.24. The van der Waals surface area contributed by atoms with Gasteiger partial charge >= 0.3 is 5.97 Å². The number of hydrogen-bond donors (Lipinski definition) is 2. The summed E-state index contributed by atoms with van der Waals surface area (Å²) in [5, 5.41) is 5.72. The first-order valence-electron chi connectivity index (χ1n) is 19.3. The van der Waals surface area contributed by atoms with Crippen molar-refractivity contribution in [3.63, 3.8) is 0 Å². The fourth-order valence-electron chi connectivity index (χ4n) is 6.59. The molecule has 1 atom stereocenters. The molecule has 54 heavy (non-hydrogen) atoms. The molecule has 1 aliphatic rings. The Bertz CT molecular complexity index is 1820. The number of nitrogens with zero attached hydrogens (tertiary/aromatic N) is 2. The third kappa shape index (κ3) is 12.3. The molecule has 0 radical (unpaired) electrons. The highest BCUT2D eigenvalue weighted by Crippen LogP contribution is 2.28. The second-order valence-electron chi connectivity index (χ2n) is 16.3. The van der Waals surface area contributed by atoms with E-state index in [1.54, 1.807) is 32.9 Å². The number of hydrogen-bond acceptors (Lipinski definition) is 7. The molecule has 1 unspecified atom stereocenters. The number of carbonyl (C=O) groups is 3. The zero-order valence-electron chi connectivity index (χ0n) is 32.7. The van der Waals surface area contributed by atoms with E-state index in [0.29, 0.717) is 11.4 Å². The van der Waals surface area contributed by atoms with E-state index in [9.17, 15) is 14.4 Å². The van der Waals surface area contributed by atoms with Crippen LogP contribution < -0.4 is 15.4 Å². The normalized spacial score (nSPS) is 14.2. The predicted molar refractivity (Wildman–Crippen MR) is 213 cm³/mol. The number of benzene rings is 3. The van der Waals surface area contributed by atoms with E-state index in [4.69, 9.17) is 9.47 Å². The summed E-state index contributed by atoms with van der Waals surface area (Å²) in [6.07, 6.45) is 11.7. The van der Waals surface area contributed by atoms with Crippen LogP contribution in [0.5, 0.6) is 5.75 Å². The Kier molecular flexibility index (Phi) is 13.6. The molecule has 0 aliphatic heterocycles. The van der Waals surface area contributed by atoms with Gasteiger partial charge in [0.2, 0.25) is 5.91 Å². The largest absolute Gasteiger partial charge is 0.494 e. The van der Waals surface area contributed by atoms with Crippen LogP contribution in [-0.4, -0.2) is 52.5 Å². The maximum absolute atomic E-state index is 13.4. The number of esters is 1. The van der Waals surface area contributed by atoms with Gasteiger partial charge in [0.25, 0.3) is 5.91 Å². The third-order valence-corrected chi connectivity index (χ3v) is 9.69. The van der Waals surface area contributed by atoms with Gasteiger partial charge in [0, 0.05) is 42.0 Å². The molecule has 0 bridgehead atoms. The molecule has 1 fully saturated rings. The minimum absolute atomic E-state index is 0.0193. The van der Waals surface area contributed by atoms with Crippen molar-refractivity contribution in [2.75, 3.05) is 13.2 Å². The summed E-state index contributed by atoms with van der Waals surface area (Å²) in [4.78, 5) is 48.3. The lowest BCUT2D eigenvalue weighted by Gasteiger charge is -2.21. The molecule has 286 valence electrons. The first kappa shape index (κ1) is 40.1. The van der Waals surface area contributed by atoms with Gasteiger partial charge in [-0.25, -0.2) is 9.97 Å². The average Bonchev–Trinajstić information content (AvgIpc) is 3.14. The number of amides is 2. The molecule has 2 amide bonds. The zero-order valence-corrected chi connectivity index (χ0v) is 32.7. The molecule has 0 spiro atoms. The van der Waals surface area contributed by atoms with Crippen molar-refractivity contribution in [1.82, 2.24) is 20.6 Å². The Balaban J connectivity index is 1.20. The SMILES string of the molecule is CC(C)(C)OC(=O)CCNC(=O)C(Cc1ccc(-c2ncc(-c3ccc(OCCC4CCCCC4)cc3)cn2)cc1)NC(=O)c1ccc(C(C)(C)C)cc1. The summed E-state index contributed by atoms with van der Waals surface area (Å²) >= 11 is 0. The Morgan fingerprint density at radius 2 is 1.41 bits per heavy atom. The minimum atomic E-state index is -0.881. The first-order chi connectivity index (χ1) is 25.7. The Morgan fingerprint density at radius 1 is 0.778 bits per heavy atom. The summed E-state index contributed by atoms with van der Waals surface area (Å²) in [6, 6.07) is 22.2. The summed E-state index contributed by atoms with van der Waals surface area (Å²) in [7, 11) is 0. The van der Waals surface area contributed by atoms with Gasteiger partial charge < -0.3 is 20.1 Å². The Morgan fingerprint density at radius 3 is 2.02 bits per heavy atom. The quantitative estimate of drug-likeness (QED) is 0.125. The van der Waals surface area contributed by atoms with Gasteiger partial charge in [-0.15, -0.1) is 0 Å². The molecule has 1 aliphatic carbocycles. The summed E-state index contributed by atoms with van der Waals surface area (Å²) in [5.74, 6) is 1.10. The molecule has 4 aromatic rings. The minimum Gasteiger partial charge on any atom is -0.494 e. The molecule has 1 heterocycles. The van der Waals surface area contributed by atoms with Crippen LogP contribution in [0.1, 0.15) is 108 Å². The zero-order chi connectivity index (χ0) is 38.7. The lowest BCUT2D eigenvalue weighted by Crippen LogP contribution is -2.48. The summed E-state index contributed by atoms with van der Waals surface area (Å²) in [6.45, 7) is 12.6. The maximum atomic E-state index is 13.4. The maximum Gasteiger partial charge on any atom is 0.308 e. The van der Waals surface area contributed by atoms with Crippen molar-refractivity contribution in [2.24, 2.45) is 5.92 Å². The monoisotopic (exact) mass is 732 g/mol. The lowest BCUT2D eigenvalue weighted by molar-refractivity contribution is -0.154. The van der Waals surface area contributed by atoms with Crippen molar-refractivity contribution >= 4 is 17.8 Å². The van der Waals surface area contributed by atoms with Gasteiger partial charge in [-0.2, -0.15) is 0 Å². The average molecular weight is 733 g/mol. The van der Waals surface area contributed by atoms with Crippen LogP contribution in [0.2, 0.25) is 0 Å². The van der Waals surface area contributed by atoms with E-state index >= 15 is 0 Å². The smallest absolute Gasteiger partial charge is 0.308 e. The van der Waals surface area contributed by atoms with Crippen LogP contribution >= 0.6 is 0 Å². The fraction of sp³-hybridized carbons (Fsp3) is 0.444. The second-order valence-corrected chi connectivity index (χ2v) is 16.3. The van der Waals surface area contributed by atoms with E-state index < -0.39 is 17.6 Å². The number of rotatable bonds is 14. The second kappa shape index (κ2) is 18.3. The Labute approximate surface area is 320 Å². The number of aromatic nitrogens is 2. The fourth-order valence-corrected chi connectivity index (χ4v) is 6.59. The number of carbonyl (C=O) groups excluding carboxylic acids is 3. The van der Waals surface area contributed by atoms with Gasteiger partial charge in [0.05, 0.1) is 13.0 Å². The van der Waals surface area contributed by atoms with Crippen LogP contribution in [0, 0.1) is 5.92 Å². The third-order valence-electron chi connectivity index (χ3n) is 9.69. The van der Waals surface area contributed by atoms with Gasteiger partial charge in [-0.05, 0) is 79.5 Å². The highest BCUT2D eigenvalue weighted by atomic mass is 16.6. The van der Waals surface area contributed by atoms with Gasteiger partial charge in [-0.1, -0.05) is 101 Å².